The maximum absolute atomic E-state index is 13.9. The van der Waals surface area contributed by atoms with E-state index in [2.05, 4.69) is 4.99 Å². The topological polar surface area (TPSA) is 212 Å². The first-order valence-corrected chi connectivity index (χ1v) is 20.9. The van der Waals surface area contributed by atoms with Gasteiger partial charge in [-0.15, -0.1) is 0 Å². The molecule has 3 aliphatic heterocycles. The number of hydrogen-bond acceptors (Lipinski definition) is 16. The van der Waals surface area contributed by atoms with Gasteiger partial charge in [-0.05, 0) is 72.3 Å². The first kappa shape index (κ1) is 44.2. The molecule has 3 fully saturated rings. The lowest BCUT2D eigenvalue weighted by atomic mass is 9.67. The first-order valence-electron chi connectivity index (χ1n) is 20.9. The fourth-order valence-electron chi connectivity index (χ4n) is 9.69. The number of aliphatic hydroxyl groups excluding tert-OH is 1. The number of esters is 1. The molecule has 0 amide bonds. The molecule has 4 N–H and O–H groups in total. The molecule has 5 aliphatic rings. The van der Waals surface area contributed by atoms with Crippen LogP contribution >= 0.6 is 0 Å². The summed E-state index contributed by atoms with van der Waals surface area (Å²) in [6.45, 7) is 9.98. The normalized spacial score (nSPS) is 36.1. The molecular formula is C44H58N2O14. The summed E-state index contributed by atoms with van der Waals surface area (Å²) in [7, 11) is 4.96. The molecule has 328 valence electrons. The highest BCUT2D eigenvalue weighted by Crippen LogP contribution is 2.54. The highest BCUT2D eigenvalue weighted by Gasteiger charge is 2.53. The molecule has 7 rings (SSSR count). The van der Waals surface area contributed by atoms with E-state index < -0.39 is 96.0 Å². The summed E-state index contributed by atoms with van der Waals surface area (Å²) in [5.74, 6) is -4.55. The minimum absolute atomic E-state index is 0.0382. The maximum Gasteiger partial charge on any atom is 0.316 e. The fourth-order valence-corrected chi connectivity index (χ4v) is 9.69. The Hall–Kier alpha value is -3.84. The average molecular weight is 839 g/mol. The Morgan fingerprint density at radius 2 is 1.60 bits per heavy atom. The Morgan fingerprint density at radius 1 is 0.917 bits per heavy atom. The largest absolute Gasteiger partial charge is 0.507 e. The monoisotopic (exact) mass is 838 g/mol. The lowest BCUT2D eigenvalue weighted by molar-refractivity contribution is -0.324. The number of phenolic OH excluding ortho intramolecular Hbond substituents is 2. The van der Waals surface area contributed by atoms with Gasteiger partial charge in [0.05, 0.1) is 54.4 Å². The molecule has 2 aromatic carbocycles. The van der Waals surface area contributed by atoms with Gasteiger partial charge < -0.3 is 58.5 Å². The van der Waals surface area contributed by atoms with Crippen LogP contribution in [0.2, 0.25) is 0 Å². The van der Waals surface area contributed by atoms with Crippen molar-refractivity contribution in [2.45, 2.75) is 152 Å². The van der Waals surface area contributed by atoms with Gasteiger partial charge in [-0.1, -0.05) is 19.1 Å². The van der Waals surface area contributed by atoms with Gasteiger partial charge in [0.15, 0.2) is 24.7 Å². The third-order valence-electron chi connectivity index (χ3n) is 12.8. The predicted molar refractivity (Wildman–Crippen MR) is 214 cm³/mol. The van der Waals surface area contributed by atoms with E-state index in [1.54, 1.807) is 6.92 Å². The van der Waals surface area contributed by atoms with Crippen LogP contribution in [0.25, 0.3) is 0 Å². The second-order valence-electron chi connectivity index (χ2n) is 16.8. The van der Waals surface area contributed by atoms with E-state index in [1.807, 2.05) is 46.7 Å². The molecule has 0 bridgehead atoms. The number of aliphatic imine (C=N–C) groups is 1. The van der Waals surface area contributed by atoms with Gasteiger partial charge in [0.25, 0.3) is 0 Å². The Morgan fingerprint density at radius 3 is 2.23 bits per heavy atom. The number of hydrogen-bond donors (Lipinski definition) is 4. The van der Waals surface area contributed by atoms with Crippen molar-refractivity contribution < 1.29 is 68.0 Å². The second-order valence-corrected chi connectivity index (χ2v) is 16.8. The quantitative estimate of drug-likeness (QED) is 0.212. The number of phenols is 2. The molecule has 13 atom stereocenters. The van der Waals surface area contributed by atoms with Gasteiger partial charge in [0.1, 0.15) is 29.6 Å². The number of fused-ring (bicyclic) bond motifs is 3. The average Bonchev–Trinajstić information content (AvgIpc) is 3.19. The molecule has 0 saturated carbocycles. The van der Waals surface area contributed by atoms with Crippen molar-refractivity contribution in [2.24, 2.45) is 4.99 Å². The van der Waals surface area contributed by atoms with E-state index in [9.17, 15) is 34.8 Å². The van der Waals surface area contributed by atoms with Crippen LogP contribution in [0, 0.1) is 0 Å². The molecule has 2 aromatic rings. The van der Waals surface area contributed by atoms with Crippen LogP contribution in [-0.2, 0) is 38.0 Å². The molecule has 3 unspecified atom stereocenters. The zero-order chi connectivity index (χ0) is 43.4. The molecule has 3 saturated heterocycles. The number of rotatable bonds is 10. The number of carbonyl (C=O) groups excluding carboxylic acids is 3. The van der Waals surface area contributed by atoms with Crippen LogP contribution in [0.5, 0.6) is 11.5 Å². The lowest BCUT2D eigenvalue weighted by Gasteiger charge is -2.48. The van der Waals surface area contributed by atoms with E-state index >= 15 is 0 Å². The molecule has 2 aliphatic carbocycles. The number of benzene rings is 2. The van der Waals surface area contributed by atoms with Crippen LogP contribution < -0.4 is 0 Å². The highest BCUT2D eigenvalue weighted by molar-refractivity contribution is 6.30. The number of likely N-dealkylation sites (N-methyl/N-ethyl adjacent to an activating group) is 1. The molecule has 0 spiro atoms. The minimum Gasteiger partial charge on any atom is -0.507 e. The molecule has 0 aromatic heterocycles. The van der Waals surface area contributed by atoms with Gasteiger partial charge in [-0.3, -0.25) is 19.4 Å². The molecule has 3 heterocycles. The van der Waals surface area contributed by atoms with Crippen molar-refractivity contribution in [2.75, 3.05) is 27.7 Å². The third kappa shape index (κ3) is 8.02. The molecule has 16 heteroatoms. The van der Waals surface area contributed by atoms with Crippen molar-refractivity contribution in [3.63, 3.8) is 0 Å². The second kappa shape index (κ2) is 17.5. The fraction of sp³-hybridized carbons (Fsp3) is 0.636. The lowest BCUT2D eigenvalue weighted by Crippen LogP contribution is -2.58. The van der Waals surface area contributed by atoms with Crippen molar-refractivity contribution in [1.82, 2.24) is 4.90 Å². The summed E-state index contributed by atoms with van der Waals surface area (Å²) in [6, 6.07) is 5.16. The summed E-state index contributed by atoms with van der Waals surface area (Å²) >= 11 is 0. The van der Waals surface area contributed by atoms with Gasteiger partial charge in [0.2, 0.25) is 5.78 Å². The molecule has 60 heavy (non-hydrogen) atoms. The van der Waals surface area contributed by atoms with Gasteiger partial charge in [-0.25, -0.2) is 0 Å². The number of ketones is 2. The van der Waals surface area contributed by atoms with Gasteiger partial charge >= 0.3 is 5.97 Å². The van der Waals surface area contributed by atoms with Gasteiger partial charge in [-0.2, -0.15) is 0 Å². The highest BCUT2D eigenvalue weighted by atomic mass is 16.7. The Kier molecular flexibility index (Phi) is 12.9. The predicted octanol–water partition coefficient (Wildman–Crippen LogP) is 4.05. The summed E-state index contributed by atoms with van der Waals surface area (Å²) in [6.07, 6.45) is -5.07. The Bertz CT molecular complexity index is 1990. The van der Waals surface area contributed by atoms with E-state index in [4.69, 9.17) is 33.2 Å². The van der Waals surface area contributed by atoms with Crippen LogP contribution in [0.3, 0.4) is 0 Å². The number of nitrogens with zero attached hydrogens (tertiary/aromatic N) is 2. The maximum atomic E-state index is 13.9. The SMILES string of the molecule is CCN=C1CC[C@H](O[C@@H]2C(C)O[C@@H](O[C@@H]3C(C)O[C@@H](O[C@H]4C[C@](O)(CC)[C@H](C(=O)OC)c5cc6c(c(O)c54)C(=O)c4c(O)cccc4C6=O)C[C@H]3N(C)C)C[C@H]2O)OC1C. The number of carbonyl (C=O) groups is 3. The van der Waals surface area contributed by atoms with Crippen molar-refractivity contribution >= 4 is 23.2 Å². The smallest absolute Gasteiger partial charge is 0.316 e. The Labute approximate surface area is 349 Å². The molecule has 16 nitrogen and oxygen atoms in total. The summed E-state index contributed by atoms with van der Waals surface area (Å²) in [5, 5.41) is 46.1. The van der Waals surface area contributed by atoms with E-state index in [-0.39, 0.29) is 71.2 Å². The van der Waals surface area contributed by atoms with Crippen molar-refractivity contribution in [1.29, 1.82) is 0 Å². The van der Waals surface area contributed by atoms with E-state index in [1.165, 1.54) is 31.4 Å². The first-order chi connectivity index (χ1) is 28.5. The number of aliphatic hydroxyl groups is 2. The molecular weight excluding hydrogens is 780 g/mol. The number of methoxy groups -OCH3 is 1. The summed E-state index contributed by atoms with van der Waals surface area (Å²) in [4.78, 5) is 47.7. The van der Waals surface area contributed by atoms with Crippen molar-refractivity contribution in [3.8, 4) is 11.5 Å². The van der Waals surface area contributed by atoms with Gasteiger partial charge in [0, 0.05) is 60.7 Å². The van der Waals surface area contributed by atoms with Crippen LogP contribution in [0.4, 0.5) is 0 Å². The summed E-state index contributed by atoms with van der Waals surface area (Å²) < 4.78 is 43.4. The van der Waals surface area contributed by atoms with Crippen LogP contribution in [0.15, 0.2) is 29.3 Å². The Balaban J connectivity index is 1.11. The standard InChI is InChI=1S/C44H58N2O14/c1-9-44(53)19-30(35-24(37(44)43(52)54-8)16-25-36(40(35)51)39(50)34-23(38(25)49)12-11-13-28(34)47)58-32-17-27(46(6)7)41(21(4)56-32)60-33-18-29(48)42(22(5)57-33)59-31-15-14-26(45-10-2)20(3)55-31/h11-13,16,20-22,27,29-33,37,41-42,47-48,51,53H,9-10,14-15,17-19H2,1-8H3/t20?,21?,22?,27-,29-,30+,31+,32+,33+,37+,41-,42-,44-/m1/s1. The zero-order valence-electron chi connectivity index (χ0n) is 35.5. The summed E-state index contributed by atoms with van der Waals surface area (Å²) in [5.41, 5.74) is -1.43. The number of aromatic hydroxyl groups is 2. The number of ether oxygens (including phenoxy) is 7. The van der Waals surface area contributed by atoms with Crippen molar-refractivity contribution in [3.05, 3.63) is 57.6 Å². The minimum atomic E-state index is -1.75. The zero-order valence-corrected chi connectivity index (χ0v) is 35.5. The van der Waals surface area contributed by atoms with E-state index in [0.29, 0.717) is 13.0 Å². The van der Waals surface area contributed by atoms with E-state index in [0.717, 1.165) is 12.1 Å². The third-order valence-corrected chi connectivity index (χ3v) is 12.8. The molecule has 0 radical (unpaired) electrons. The van der Waals surface area contributed by atoms with Crippen LogP contribution in [-0.4, -0.2) is 143 Å². The van der Waals surface area contributed by atoms with Crippen LogP contribution in [0.1, 0.15) is 128 Å².